The Labute approximate surface area is 156 Å². The molecule has 0 atom stereocenters. The van der Waals surface area contributed by atoms with Crippen LogP contribution in [0.3, 0.4) is 0 Å². The molecule has 7 heteroatoms. The largest absolute Gasteiger partial charge is 0.364 e. The van der Waals surface area contributed by atoms with Gasteiger partial charge >= 0.3 is 0 Å². The first-order chi connectivity index (χ1) is 13.2. The fourth-order valence-electron chi connectivity index (χ4n) is 3.24. The SMILES string of the molecule is Cc1cccc(CNc2nc(Nc3cc(C4CC4)[nH]n3)nn3cccc23)c1. The van der Waals surface area contributed by atoms with Crippen LogP contribution in [0.15, 0.2) is 48.7 Å². The number of benzene rings is 1. The van der Waals surface area contributed by atoms with Gasteiger partial charge in [-0.2, -0.15) is 10.1 Å². The van der Waals surface area contributed by atoms with Crippen molar-refractivity contribution in [2.75, 3.05) is 10.6 Å². The van der Waals surface area contributed by atoms with E-state index >= 15 is 0 Å². The summed E-state index contributed by atoms with van der Waals surface area (Å²) >= 11 is 0. The summed E-state index contributed by atoms with van der Waals surface area (Å²) in [4.78, 5) is 4.67. The molecule has 1 aromatic carbocycles. The lowest BCUT2D eigenvalue weighted by Crippen LogP contribution is -2.08. The number of aromatic nitrogens is 5. The summed E-state index contributed by atoms with van der Waals surface area (Å²) in [5, 5.41) is 18.6. The minimum atomic E-state index is 0.513. The molecule has 0 bridgehead atoms. The van der Waals surface area contributed by atoms with Gasteiger partial charge in [0.25, 0.3) is 0 Å². The summed E-state index contributed by atoms with van der Waals surface area (Å²) in [6, 6.07) is 14.5. The lowest BCUT2D eigenvalue weighted by molar-refractivity contribution is 0.905. The number of hydrogen-bond acceptors (Lipinski definition) is 5. The number of anilines is 3. The molecule has 3 N–H and O–H groups in total. The molecule has 3 aromatic heterocycles. The second kappa shape index (κ2) is 6.42. The molecule has 0 spiro atoms. The van der Waals surface area contributed by atoms with Gasteiger partial charge in [0, 0.05) is 30.4 Å². The van der Waals surface area contributed by atoms with Gasteiger partial charge in [0.2, 0.25) is 5.95 Å². The Morgan fingerprint density at radius 3 is 2.96 bits per heavy atom. The first-order valence-electron chi connectivity index (χ1n) is 9.22. The zero-order chi connectivity index (χ0) is 18.2. The zero-order valence-corrected chi connectivity index (χ0v) is 15.1. The molecule has 3 heterocycles. The maximum absolute atomic E-state index is 4.67. The third-order valence-corrected chi connectivity index (χ3v) is 4.79. The molecule has 0 amide bonds. The smallest absolute Gasteiger partial charge is 0.248 e. The van der Waals surface area contributed by atoms with E-state index in [4.69, 9.17) is 0 Å². The van der Waals surface area contributed by atoms with Crippen LogP contribution in [0.1, 0.15) is 35.6 Å². The maximum atomic E-state index is 4.67. The Hall–Kier alpha value is -3.35. The van der Waals surface area contributed by atoms with Gasteiger partial charge in [-0.1, -0.05) is 29.8 Å². The van der Waals surface area contributed by atoms with Crippen LogP contribution in [0.5, 0.6) is 0 Å². The molecule has 27 heavy (non-hydrogen) atoms. The molecule has 7 nitrogen and oxygen atoms in total. The summed E-state index contributed by atoms with van der Waals surface area (Å²) in [5.74, 6) is 2.68. The highest BCUT2D eigenvalue weighted by Gasteiger charge is 2.25. The van der Waals surface area contributed by atoms with E-state index in [-0.39, 0.29) is 0 Å². The third-order valence-electron chi connectivity index (χ3n) is 4.79. The predicted octanol–water partition coefficient (Wildman–Crippen LogP) is 3.99. The van der Waals surface area contributed by atoms with Crippen LogP contribution in [0.4, 0.5) is 17.6 Å². The number of aryl methyl sites for hydroxylation is 1. The summed E-state index contributed by atoms with van der Waals surface area (Å²) in [7, 11) is 0. The normalized spacial score (nSPS) is 13.8. The molecule has 0 aliphatic heterocycles. The molecule has 1 fully saturated rings. The number of rotatable bonds is 6. The summed E-state index contributed by atoms with van der Waals surface area (Å²) in [5.41, 5.74) is 4.58. The van der Waals surface area contributed by atoms with Crippen molar-refractivity contribution in [3.63, 3.8) is 0 Å². The summed E-state index contributed by atoms with van der Waals surface area (Å²) in [6.07, 6.45) is 4.39. The molecule has 0 saturated heterocycles. The molecule has 136 valence electrons. The van der Waals surface area contributed by atoms with Crippen LogP contribution >= 0.6 is 0 Å². The molecule has 1 aliphatic rings. The Morgan fingerprint density at radius 1 is 1.19 bits per heavy atom. The molecule has 0 unspecified atom stereocenters. The Balaban J connectivity index is 1.40. The van der Waals surface area contributed by atoms with Gasteiger partial charge in [0.1, 0.15) is 5.52 Å². The first kappa shape index (κ1) is 15.9. The van der Waals surface area contributed by atoms with Crippen LogP contribution in [-0.2, 0) is 6.54 Å². The number of nitrogens with one attached hydrogen (secondary N) is 3. The van der Waals surface area contributed by atoms with Gasteiger partial charge in [-0.05, 0) is 37.5 Å². The highest BCUT2D eigenvalue weighted by atomic mass is 15.3. The topological polar surface area (TPSA) is 82.9 Å². The van der Waals surface area contributed by atoms with Gasteiger partial charge in [-0.15, -0.1) is 5.10 Å². The minimum Gasteiger partial charge on any atom is -0.364 e. The lowest BCUT2D eigenvalue weighted by Gasteiger charge is -2.10. The van der Waals surface area contributed by atoms with Crippen LogP contribution in [-0.4, -0.2) is 24.8 Å². The van der Waals surface area contributed by atoms with Gasteiger partial charge in [0.05, 0.1) is 0 Å². The van der Waals surface area contributed by atoms with E-state index in [1.54, 1.807) is 0 Å². The Kier molecular flexibility index (Phi) is 3.78. The summed E-state index contributed by atoms with van der Waals surface area (Å²) in [6.45, 7) is 2.80. The molecule has 4 aromatic rings. The average Bonchev–Trinajstić information content (AvgIpc) is 3.22. The van der Waals surface area contributed by atoms with E-state index in [2.05, 4.69) is 62.1 Å². The van der Waals surface area contributed by atoms with Gasteiger partial charge in [0.15, 0.2) is 11.6 Å². The minimum absolute atomic E-state index is 0.513. The quantitative estimate of drug-likeness (QED) is 0.485. The van der Waals surface area contributed by atoms with E-state index in [9.17, 15) is 0 Å². The number of H-pyrrole nitrogens is 1. The fraction of sp³-hybridized carbons (Fsp3) is 0.250. The van der Waals surface area contributed by atoms with E-state index < -0.39 is 0 Å². The van der Waals surface area contributed by atoms with Crippen molar-refractivity contribution in [2.45, 2.75) is 32.2 Å². The maximum Gasteiger partial charge on any atom is 0.248 e. The van der Waals surface area contributed by atoms with Crippen LogP contribution in [0.2, 0.25) is 0 Å². The monoisotopic (exact) mass is 359 g/mol. The Morgan fingerprint density at radius 2 is 2.11 bits per heavy atom. The standard InChI is InChI=1S/C20H21N7/c1-13-4-2-5-14(10-13)12-21-19-17-6-3-9-27(17)26-20(23-19)22-18-11-16(24-25-18)15-7-8-15/h2-6,9-11,15H,7-8,12H2,1H3,(H3,21,22,23,24,25,26). The van der Waals surface area contributed by atoms with E-state index in [0.29, 0.717) is 18.4 Å². The van der Waals surface area contributed by atoms with Crippen molar-refractivity contribution in [3.05, 3.63) is 65.5 Å². The Bertz CT molecular complexity index is 1090. The highest BCUT2D eigenvalue weighted by Crippen LogP contribution is 2.39. The first-order valence-corrected chi connectivity index (χ1v) is 9.22. The molecular formula is C20H21N7. The number of hydrogen-bond donors (Lipinski definition) is 3. The fourth-order valence-corrected chi connectivity index (χ4v) is 3.24. The molecule has 1 saturated carbocycles. The predicted molar refractivity (Wildman–Crippen MR) is 105 cm³/mol. The van der Waals surface area contributed by atoms with Crippen molar-refractivity contribution < 1.29 is 0 Å². The second-order valence-corrected chi connectivity index (χ2v) is 7.07. The van der Waals surface area contributed by atoms with E-state index in [1.807, 2.05) is 28.9 Å². The molecule has 5 rings (SSSR count). The summed E-state index contributed by atoms with van der Waals surface area (Å²) < 4.78 is 1.82. The third kappa shape index (κ3) is 3.36. The average molecular weight is 359 g/mol. The molecular weight excluding hydrogens is 338 g/mol. The van der Waals surface area contributed by atoms with Crippen molar-refractivity contribution in [3.8, 4) is 0 Å². The number of fused-ring (bicyclic) bond motifs is 1. The van der Waals surface area contributed by atoms with E-state index in [0.717, 1.165) is 17.2 Å². The number of aromatic amines is 1. The van der Waals surface area contributed by atoms with Gasteiger partial charge in [-0.3, -0.25) is 5.10 Å². The van der Waals surface area contributed by atoms with Crippen LogP contribution in [0.25, 0.3) is 5.52 Å². The van der Waals surface area contributed by atoms with Crippen LogP contribution in [0, 0.1) is 6.92 Å². The van der Waals surface area contributed by atoms with E-state index in [1.165, 1.54) is 29.7 Å². The number of nitrogens with zero attached hydrogens (tertiary/aromatic N) is 4. The van der Waals surface area contributed by atoms with Crippen LogP contribution < -0.4 is 10.6 Å². The van der Waals surface area contributed by atoms with Crippen molar-refractivity contribution >= 4 is 23.1 Å². The zero-order valence-electron chi connectivity index (χ0n) is 15.1. The second-order valence-electron chi connectivity index (χ2n) is 7.07. The highest BCUT2D eigenvalue weighted by molar-refractivity contribution is 5.69. The van der Waals surface area contributed by atoms with Gasteiger partial charge < -0.3 is 10.6 Å². The van der Waals surface area contributed by atoms with Crippen molar-refractivity contribution in [2.24, 2.45) is 0 Å². The van der Waals surface area contributed by atoms with Crippen molar-refractivity contribution in [1.82, 2.24) is 24.8 Å². The van der Waals surface area contributed by atoms with Gasteiger partial charge in [-0.25, -0.2) is 4.52 Å². The molecule has 1 aliphatic carbocycles. The molecule has 0 radical (unpaired) electrons. The lowest BCUT2D eigenvalue weighted by atomic mass is 10.1. The van der Waals surface area contributed by atoms with Crippen molar-refractivity contribution in [1.29, 1.82) is 0 Å².